The minimum Gasteiger partial charge on any atom is -0.477 e. The Morgan fingerprint density at radius 1 is 1.60 bits per heavy atom. The molecule has 20 heavy (non-hydrogen) atoms. The summed E-state index contributed by atoms with van der Waals surface area (Å²) in [4.78, 5) is 17.4. The van der Waals surface area contributed by atoms with Gasteiger partial charge in [-0.2, -0.15) is 0 Å². The van der Waals surface area contributed by atoms with Crippen molar-refractivity contribution in [2.24, 2.45) is 5.92 Å². The maximum atomic E-state index is 10.9. The van der Waals surface area contributed by atoms with Crippen LogP contribution in [0.2, 0.25) is 0 Å². The van der Waals surface area contributed by atoms with Gasteiger partial charge in [0.1, 0.15) is 5.82 Å². The van der Waals surface area contributed by atoms with Crippen LogP contribution in [0.1, 0.15) is 37.2 Å². The Bertz CT molecular complexity index is 464. The van der Waals surface area contributed by atoms with Gasteiger partial charge in [-0.05, 0) is 44.4 Å². The van der Waals surface area contributed by atoms with E-state index in [9.17, 15) is 4.79 Å². The van der Waals surface area contributed by atoms with Crippen LogP contribution in [0, 0.1) is 5.92 Å². The SMILES string of the molecule is CC1CCCN(C(C)CNc2cccc(C(=O)O)n2)C1. The Labute approximate surface area is 120 Å². The third kappa shape index (κ3) is 3.93. The zero-order valence-electron chi connectivity index (χ0n) is 12.2. The van der Waals surface area contributed by atoms with Crippen molar-refractivity contribution < 1.29 is 9.90 Å². The van der Waals surface area contributed by atoms with Gasteiger partial charge < -0.3 is 10.4 Å². The Balaban J connectivity index is 1.88. The molecule has 1 aliphatic rings. The van der Waals surface area contributed by atoms with E-state index in [0.29, 0.717) is 11.9 Å². The Morgan fingerprint density at radius 2 is 2.40 bits per heavy atom. The topological polar surface area (TPSA) is 65.5 Å². The van der Waals surface area contributed by atoms with Gasteiger partial charge in [-0.15, -0.1) is 0 Å². The van der Waals surface area contributed by atoms with Crippen LogP contribution in [0.4, 0.5) is 5.82 Å². The van der Waals surface area contributed by atoms with Gasteiger partial charge in [0.2, 0.25) is 0 Å². The molecule has 1 aliphatic heterocycles. The van der Waals surface area contributed by atoms with Crippen LogP contribution in [-0.4, -0.2) is 46.6 Å². The first kappa shape index (κ1) is 14.8. The van der Waals surface area contributed by atoms with Crippen LogP contribution in [0.25, 0.3) is 0 Å². The van der Waals surface area contributed by atoms with Crippen molar-refractivity contribution >= 4 is 11.8 Å². The van der Waals surface area contributed by atoms with Gasteiger partial charge >= 0.3 is 5.97 Å². The minimum atomic E-state index is -0.994. The summed E-state index contributed by atoms with van der Waals surface area (Å²) in [6, 6.07) is 5.45. The molecule has 2 rings (SSSR count). The number of carboxylic acid groups (broad SMARTS) is 1. The number of rotatable bonds is 5. The fourth-order valence-corrected chi connectivity index (χ4v) is 2.66. The number of nitrogens with zero attached hydrogens (tertiary/aromatic N) is 2. The third-order valence-corrected chi connectivity index (χ3v) is 3.86. The molecule has 5 heteroatoms. The zero-order chi connectivity index (χ0) is 14.5. The molecule has 2 N–H and O–H groups in total. The standard InChI is InChI=1S/C15H23N3O2/c1-11-5-4-8-18(10-11)12(2)9-16-14-7-3-6-13(17-14)15(19)20/h3,6-7,11-12H,4-5,8-10H2,1-2H3,(H,16,17)(H,19,20). The molecule has 0 amide bonds. The molecule has 0 radical (unpaired) electrons. The van der Waals surface area contributed by atoms with Crippen LogP contribution in [0.5, 0.6) is 0 Å². The molecule has 0 bridgehead atoms. The number of carbonyl (C=O) groups is 1. The first-order valence-electron chi connectivity index (χ1n) is 7.24. The number of hydrogen-bond donors (Lipinski definition) is 2. The molecule has 1 saturated heterocycles. The van der Waals surface area contributed by atoms with Crippen molar-refractivity contribution in [2.75, 3.05) is 25.0 Å². The molecule has 110 valence electrons. The zero-order valence-corrected chi connectivity index (χ0v) is 12.2. The predicted octanol–water partition coefficient (Wildman–Crippen LogP) is 2.31. The Morgan fingerprint density at radius 3 is 3.10 bits per heavy atom. The largest absolute Gasteiger partial charge is 0.477 e. The molecule has 0 aromatic carbocycles. The first-order valence-corrected chi connectivity index (χ1v) is 7.24. The number of piperidine rings is 1. The number of aromatic nitrogens is 1. The summed E-state index contributed by atoms with van der Waals surface area (Å²) in [6.07, 6.45) is 2.58. The average Bonchev–Trinajstić information content (AvgIpc) is 2.45. The molecule has 2 heterocycles. The number of anilines is 1. The van der Waals surface area contributed by atoms with Crippen molar-refractivity contribution in [1.82, 2.24) is 9.88 Å². The summed E-state index contributed by atoms with van der Waals surface area (Å²) in [7, 11) is 0. The monoisotopic (exact) mass is 277 g/mol. The number of nitrogens with one attached hydrogen (secondary N) is 1. The average molecular weight is 277 g/mol. The van der Waals surface area contributed by atoms with Crippen LogP contribution >= 0.6 is 0 Å². The molecule has 1 fully saturated rings. The van der Waals surface area contributed by atoms with E-state index in [-0.39, 0.29) is 5.69 Å². The second-order valence-corrected chi connectivity index (χ2v) is 5.69. The van der Waals surface area contributed by atoms with Gasteiger partial charge in [-0.1, -0.05) is 13.0 Å². The molecule has 0 aliphatic carbocycles. The molecule has 2 atom stereocenters. The summed E-state index contributed by atoms with van der Waals surface area (Å²) in [5, 5.41) is 12.2. The first-order chi connectivity index (χ1) is 9.56. The number of carboxylic acids is 1. The summed E-state index contributed by atoms with van der Waals surface area (Å²) in [5.74, 6) is 0.396. The lowest BCUT2D eigenvalue weighted by Gasteiger charge is -2.35. The van der Waals surface area contributed by atoms with Crippen molar-refractivity contribution in [1.29, 1.82) is 0 Å². The molecule has 0 saturated carbocycles. The fourth-order valence-electron chi connectivity index (χ4n) is 2.66. The van der Waals surface area contributed by atoms with Crippen LogP contribution in [-0.2, 0) is 0 Å². The van der Waals surface area contributed by atoms with Crippen LogP contribution < -0.4 is 5.32 Å². The molecule has 1 aromatic heterocycles. The number of pyridine rings is 1. The lowest BCUT2D eigenvalue weighted by Crippen LogP contribution is -2.43. The van der Waals surface area contributed by atoms with Crippen molar-refractivity contribution in [3.05, 3.63) is 23.9 Å². The van der Waals surface area contributed by atoms with Crippen molar-refractivity contribution in [3.8, 4) is 0 Å². The van der Waals surface area contributed by atoms with Crippen LogP contribution in [0.15, 0.2) is 18.2 Å². The second kappa shape index (κ2) is 6.70. The maximum absolute atomic E-state index is 10.9. The van der Waals surface area contributed by atoms with Crippen LogP contribution in [0.3, 0.4) is 0 Å². The molecule has 5 nitrogen and oxygen atoms in total. The fraction of sp³-hybridized carbons (Fsp3) is 0.600. The highest BCUT2D eigenvalue weighted by atomic mass is 16.4. The van der Waals surface area contributed by atoms with E-state index in [1.54, 1.807) is 12.1 Å². The Hall–Kier alpha value is -1.62. The van der Waals surface area contributed by atoms with Crippen molar-refractivity contribution in [2.45, 2.75) is 32.7 Å². The normalized spacial score (nSPS) is 21.4. The molecule has 0 spiro atoms. The highest BCUT2D eigenvalue weighted by Gasteiger charge is 2.20. The van der Waals surface area contributed by atoms with E-state index in [2.05, 4.69) is 29.0 Å². The number of hydrogen-bond acceptors (Lipinski definition) is 4. The quantitative estimate of drug-likeness (QED) is 0.864. The van der Waals surface area contributed by atoms with Gasteiger partial charge in [0, 0.05) is 19.1 Å². The lowest BCUT2D eigenvalue weighted by atomic mass is 9.99. The predicted molar refractivity (Wildman–Crippen MR) is 79.1 cm³/mol. The van der Waals surface area contributed by atoms with Gasteiger partial charge in [0.15, 0.2) is 5.69 Å². The van der Waals surface area contributed by atoms with E-state index in [1.807, 2.05) is 0 Å². The minimum absolute atomic E-state index is 0.0780. The smallest absolute Gasteiger partial charge is 0.354 e. The molecule has 2 unspecified atom stereocenters. The van der Waals surface area contributed by atoms with Gasteiger partial charge in [-0.25, -0.2) is 9.78 Å². The molecular formula is C15H23N3O2. The Kier molecular flexibility index (Phi) is 4.95. The van der Waals surface area contributed by atoms with E-state index in [1.165, 1.54) is 18.9 Å². The highest BCUT2D eigenvalue weighted by Crippen LogP contribution is 2.17. The highest BCUT2D eigenvalue weighted by molar-refractivity contribution is 5.85. The molecular weight excluding hydrogens is 254 g/mol. The van der Waals surface area contributed by atoms with Gasteiger partial charge in [0.25, 0.3) is 0 Å². The van der Waals surface area contributed by atoms with Gasteiger partial charge in [0.05, 0.1) is 0 Å². The summed E-state index contributed by atoms with van der Waals surface area (Å²) in [5.41, 5.74) is 0.0780. The number of likely N-dealkylation sites (tertiary alicyclic amines) is 1. The number of aromatic carboxylic acids is 1. The summed E-state index contributed by atoms with van der Waals surface area (Å²) >= 11 is 0. The maximum Gasteiger partial charge on any atom is 0.354 e. The van der Waals surface area contributed by atoms with Crippen molar-refractivity contribution in [3.63, 3.8) is 0 Å². The van der Waals surface area contributed by atoms with Gasteiger partial charge in [-0.3, -0.25) is 4.90 Å². The third-order valence-electron chi connectivity index (χ3n) is 3.86. The van der Waals surface area contributed by atoms with E-state index in [4.69, 9.17) is 5.11 Å². The second-order valence-electron chi connectivity index (χ2n) is 5.69. The molecule has 1 aromatic rings. The summed E-state index contributed by atoms with van der Waals surface area (Å²) < 4.78 is 0. The van der Waals surface area contributed by atoms with E-state index in [0.717, 1.165) is 25.6 Å². The van der Waals surface area contributed by atoms with E-state index >= 15 is 0 Å². The van der Waals surface area contributed by atoms with E-state index < -0.39 is 5.97 Å². The summed E-state index contributed by atoms with van der Waals surface area (Å²) in [6.45, 7) is 7.57. The lowest BCUT2D eigenvalue weighted by molar-refractivity contribution is 0.0690.